The predicted octanol–water partition coefficient (Wildman–Crippen LogP) is 2.45. The van der Waals surface area contributed by atoms with Gasteiger partial charge in [-0.15, -0.1) is 0 Å². The Bertz CT molecular complexity index is 464. The Labute approximate surface area is 118 Å². The fourth-order valence-electron chi connectivity index (χ4n) is 1.74. The molecule has 0 saturated heterocycles. The van der Waals surface area contributed by atoms with Crippen molar-refractivity contribution in [1.82, 2.24) is 0 Å². The standard InChI is InChI=1S/C13H20N2O5/c1-5-20-8-9(2)14-10-6-12(18-3)13(19-4)7-11(10)15(16)17/h6-7,9,14H,5,8H2,1-4H3. The van der Waals surface area contributed by atoms with Crippen LogP contribution in [-0.4, -0.2) is 38.4 Å². The molecule has 0 aliphatic carbocycles. The van der Waals surface area contributed by atoms with Gasteiger partial charge in [-0.2, -0.15) is 0 Å². The zero-order valence-electron chi connectivity index (χ0n) is 12.1. The van der Waals surface area contributed by atoms with E-state index in [0.717, 1.165) is 0 Å². The third-order valence-electron chi connectivity index (χ3n) is 2.67. The molecule has 0 bridgehead atoms. The zero-order valence-corrected chi connectivity index (χ0v) is 12.1. The maximum absolute atomic E-state index is 11.1. The summed E-state index contributed by atoms with van der Waals surface area (Å²) in [6.45, 7) is 4.84. The van der Waals surface area contributed by atoms with Crippen LogP contribution in [0.15, 0.2) is 12.1 Å². The third-order valence-corrected chi connectivity index (χ3v) is 2.67. The van der Waals surface area contributed by atoms with Gasteiger partial charge in [-0.1, -0.05) is 0 Å². The van der Waals surface area contributed by atoms with Crippen LogP contribution in [0.4, 0.5) is 11.4 Å². The second kappa shape index (κ2) is 7.54. The normalized spacial score (nSPS) is 11.8. The van der Waals surface area contributed by atoms with Crippen molar-refractivity contribution >= 4 is 11.4 Å². The molecule has 112 valence electrons. The molecule has 0 heterocycles. The van der Waals surface area contributed by atoms with E-state index in [4.69, 9.17) is 14.2 Å². The van der Waals surface area contributed by atoms with Crippen molar-refractivity contribution in [2.24, 2.45) is 0 Å². The van der Waals surface area contributed by atoms with Gasteiger partial charge in [0.1, 0.15) is 5.69 Å². The van der Waals surface area contributed by atoms with Crippen molar-refractivity contribution in [3.63, 3.8) is 0 Å². The maximum atomic E-state index is 11.1. The number of hydrogen-bond acceptors (Lipinski definition) is 6. The second-order valence-corrected chi connectivity index (χ2v) is 4.19. The molecule has 0 aromatic heterocycles. The lowest BCUT2D eigenvalue weighted by atomic mass is 10.2. The minimum absolute atomic E-state index is 0.0632. The van der Waals surface area contributed by atoms with Crippen LogP contribution in [0.3, 0.4) is 0 Å². The zero-order chi connectivity index (χ0) is 15.1. The topological polar surface area (TPSA) is 82.9 Å². The van der Waals surface area contributed by atoms with E-state index in [1.165, 1.54) is 20.3 Å². The highest BCUT2D eigenvalue weighted by atomic mass is 16.6. The Morgan fingerprint density at radius 1 is 1.30 bits per heavy atom. The average Bonchev–Trinajstić information content (AvgIpc) is 2.44. The lowest BCUT2D eigenvalue weighted by molar-refractivity contribution is -0.384. The monoisotopic (exact) mass is 284 g/mol. The van der Waals surface area contributed by atoms with E-state index in [-0.39, 0.29) is 11.7 Å². The highest BCUT2D eigenvalue weighted by Gasteiger charge is 2.20. The van der Waals surface area contributed by atoms with Crippen LogP contribution in [0.5, 0.6) is 11.5 Å². The Morgan fingerprint density at radius 3 is 2.40 bits per heavy atom. The summed E-state index contributed by atoms with van der Waals surface area (Å²) in [7, 11) is 2.92. The van der Waals surface area contributed by atoms with E-state index >= 15 is 0 Å². The number of nitrogens with one attached hydrogen (secondary N) is 1. The van der Waals surface area contributed by atoms with Gasteiger partial charge in [-0.25, -0.2) is 0 Å². The first kappa shape index (κ1) is 16.0. The van der Waals surface area contributed by atoms with E-state index in [1.807, 2.05) is 13.8 Å². The summed E-state index contributed by atoms with van der Waals surface area (Å²) in [5, 5.41) is 14.2. The van der Waals surface area contributed by atoms with Gasteiger partial charge in [-0.3, -0.25) is 10.1 Å². The van der Waals surface area contributed by atoms with Crippen molar-refractivity contribution in [3.8, 4) is 11.5 Å². The number of hydrogen-bond donors (Lipinski definition) is 1. The molecule has 1 rings (SSSR count). The molecular weight excluding hydrogens is 264 g/mol. The van der Waals surface area contributed by atoms with Gasteiger partial charge in [0, 0.05) is 18.7 Å². The van der Waals surface area contributed by atoms with Crippen molar-refractivity contribution in [2.75, 3.05) is 32.8 Å². The van der Waals surface area contributed by atoms with Crippen LogP contribution in [0.25, 0.3) is 0 Å². The summed E-state index contributed by atoms with van der Waals surface area (Å²) in [6, 6.07) is 2.83. The van der Waals surface area contributed by atoms with Crippen molar-refractivity contribution in [1.29, 1.82) is 0 Å². The summed E-state index contributed by atoms with van der Waals surface area (Å²) in [4.78, 5) is 10.7. The highest BCUT2D eigenvalue weighted by molar-refractivity contribution is 5.68. The van der Waals surface area contributed by atoms with E-state index in [0.29, 0.717) is 30.4 Å². The molecule has 0 aliphatic heterocycles. The van der Waals surface area contributed by atoms with Crippen molar-refractivity contribution < 1.29 is 19.1 Å². The molecule has 0 saturated carbocycles. The van der Waals surface area contributed by atoms with Crippen LogP contribution in [-0.2, 0) is 4.74 Å². The molecule has 1 atom stereocenters. The fraction of sp³-hybridized carbons (Fsp3) is 0.538. The number of nitrogens with zero attached hydrogens (tertiary/aromatic N) is 1. The Hall–Kier alpha value is -2.02. The molecule has 20 heavy (non-hydrogen) atoms. The number of benzene rings is 1. The van der Waals surface area contributed by atoms with Crippen LogP contribution >= 0.6 is 0 Å². The molecule has 1 aromatic carbocycles. The van der Waals surface area contributed by atoms with E-state index in [2.05, 4.69) is 5.32 Å². The Kier molecular flexibility index (Phi) is 6.05. The highest BCUT2D eigenvalue weighted by Crippen LogP contribution is 2.37. The summed E-state index contributed by atoms with van der Waals surface area (Å²) >= 11 is 0. The minimum Gasteiger partial charge on any atom is -0.493 e. The van der Waals surface area contributed by atoms with E-state index < -0.39 is 4.92 Å². The van der Waals surface area contributed by atoms with Gasteiger partial charge < -0.3 is 19.5 Å². The van der Waals surface area contributed by atoms with Gasteiger partial charge in [-0.05, 0) is 13.8 Å². The van der Waals surface area contributed by atoms with Gasteiger partial charge in [0.2, 0.25) is 0 Å². The number of methoxy groups -OCH3 is 2. The lowest BCUT2D eigenvalue weighted by Crippen LogP contribution is -2.22. The van der Waals surface area contributed by atoms with Gasteiger partial charge >= 0.3 is 0 Å². The molecule has 0 fully saturated rings. The van der Waals surface area contributed by atoms with Crippen LogP contribution < -0.4 is 14.8 Å². The summed E-state index contributed by atoms with van der Waals surface area (Å²) in [6.07, 6.45) is 0. The maximum Gasteiger partial charge on any atom is 0.296 e. The molecule has 7 nitrogen and oxygen atoms in total. The van der Waals surface area contributed by atoms with Crippen LogP contribution in [0.2, 0.25) is 0 Å². The molecule has 0 radical (unpaired) electrons. The van der Waals surface area contributed by atoms with Gasteiger partial charge in [0.25, 0.3) is 5.69 Å². The first-order chi connectivity index (χ1) is 9.53. The summed E-state index contributed by atoms with van der Waals surface area (Å²) < 4.78 is 15.5. The molecule has 1 N–H and O–H groups in total. The van der Waals surface area contributed by atoms with E-state index in [1.54, 1.807) is 6.07 Å². The Morgan fingerprint density at radius 2 is 1.90 bits per heavy atom. The van der Waals surface area contributed by atoms with Crippen molar-refractivity contribution in [3.05, 3.63) is 22.2 Å². The number of ether oxygens (including phenoxy) is 3. The smallest absolute Gasteiger partial charge is 0.296 e. The average molecular weight is 284 g/mol. The molecule has 1 unspecified atom stereocenters. The largest absolute Gasteiger partial charge is 0.493 e. The molecule has 7 heteroatoms. The van der Waals surface area contributed by atoms with Crippen LogP contribution in [0, 0.1) is 10.1 Å². The van der Waals surface area contributed by atoms with Crippen molar-refractivity contribution in [2.45, 2.75) is 19.9 Å². The molecule has 0 aliphatic rings. The van der Waals surface area contributed by atoms with Gasteiger partial charge in [0.05, 0.1) is 31.8 Å². The number of anilines is 1. The minimum atomic E-state index is -0.461. The quantitative estimate of drug-likeness (QED) is 0.583. The number of nitro benzene ring substituents is 1. The number of rotatable bonds is 8. The second-order valence-electron chi connectivity index (χ2n) is 4.19. The van der Waals surface area contributed by atoms with Gasteiger partial charge in [0.15, 0.2) is 11.5 Å². The number of nitro groups is 1. The van der Waals surface area contributed by atoms with E-state index in [9.17, 15) is 10.1 Å². The molecule has 0 spiro atoms. The fourth-order valence-corrected chi connectivity index (χ4v) is 1.74. The first-order valence-corrected chi connectivity index (χ1v) is 6.28. The first-order valence-electron chi connectivity index (χ1n) is 6.28. The molecule has 1 aromatic rings. The summed E-state index contributed by atoms with van der Waals surface area (Å²) in [5.74, 6) is 0.756. The van der Waals surface area contributed by atoms with Crippen LogP contribution in [0.1, 0.15) is 13.8 Å². The third kappa shape index (κ3) is 3.99. The predicted molar refractivity (Wildman–Crippen MR) is 75.8 cm³/mol. The summed E-state index contributed by atoms with van der Waals surface area (Å²) in [5.41, 5.74) is 0.311. The molecular formula is C13H20N2O5. The Balaban J connectivity index is 3.06. The molecule has 0 amide bonds. The lowest BCUT2D eigenvalue weighted by Gasteiger charge is -2.16. The SMILES string of the molecule is CCOCC(C)Nc1cc(OC)c(OC)cc1[N+](=O)[O-].